The molecule has 0 amide bonds. The number of hydrogen-bond donors (Lipinski definition) is 1. The van der Waals surface area contributed by atoms with E-state index in [0.29, 0.717) is 0 Å². The van der Waals surface area contributed by atoms with Crippen molar-refractivity contribution in [2.24, 2.45) is 5.73 Å². The van der Waals surface area contributed by atoms with Crippen LogP contribution in [-0.2, 0) is 6.42 Å². The molecule has 0 aliphatic heterocycles. The molecule has 1 unspecified atom stereocenters. The third kappa shape index (κ3) is 3.38. The van der Waals surface area contributed by atoms with Crippen molar-refractivity contribution in [2.75, 3.05) is 5.75 Å². The van der Waals surface area contributed by atoms with Gasteiger partial charge in [0, 0.05) is 17.4 Å². The minimum Gasteiger partial charge on any atom is -0.469 e. The lowest BCUT2D eigenvalue weighted by atomic mass is 10.0. The highest BCUT2D eigenvalue weighted by atomic mass is 32.2. The van der Waals surface area contributed by atoms with Crippen molar-refractivity contribution in [3.05, 3.63) is 54.0 Å². The average Bonchev–Trinajstić information content (AvgIpc) is 2.83. The zero-order valence-corrected chi connectivity index (χ0v) is 10.7. The van der Waals surface area contributed by atoms with Gasteiger partial charge < -0.3 is 10.2 Å². The van der Waals surface area contributed by atoms with Crippen molar-refractivity contribution < 1.29 is 4.42 Å². The van der Waals surface area contributed by atoms with Gasteiger partial charge in [0.2, 0.25) is 0 Å². The van der Waals surface area contributed by atoms with Crippen molar-refractivity contribution in [1.82, 2.24) is 0 Å². The molecule has 2 rings (SSSR count). The first kappa shape index (κ1) is 12.3. The summed E-state index contributed by atoms with van der Waals surface area (Å²) in [5.74, 6) is 2.03. The van der Waals surface area contributed by atoms with Crippen molar-refractivity contribution in [3.8, 4) is 0 Å². The summed E-state index contributed by atoms with van der Waals surface area (Å²) >= 11 is 1.84. The standard InChI is InChI=1S/C14H17NOS/c1-2-17-13-7-5-11(6-8-13)14(15)10-12-4-3-9-16-12/h3-9,14H,2,10,15H2,1H3. The van der Waals surface area contributed by atoms with Crippen molar-refractivity contribution in [3.63, 3.8) is 0 Å². The van der Waals surface area contributed by atoms with E-state index in [9.17, 15) is 0 Å². The van der Waals surface area contributed by atoms with Gasteiger partial charge in [0.15, 0.2) is 0 Å². The summed E-state index contributed by atoms with van der Waals surface area (Å²) in [4.78, 5) is 1.29. The number of rotatable bonds is 5. The molecule has 0 saturated heterocycles. The number of thioether (sulfide) groups is 1. The second-order valence-electron chi connectivity index (χ2n) is 3.89. The van der Waals surface area contributed by atoms with Crippen LogP contribution < -0.4 is 5.73 Å². The fourth-order valence-electron chi connectivity index (χ4n) is 1.74. The highest BCUT2D eigenvalue weighted by Crippen LogP contribution is 2.21. The molecule has 1 heterocycles. The summed E-state index contributed by atoms with van der Waals surface area (Å²) in [6.45, 7) is 2.15. The largest absolute Gasteiger partial charge is 0.469 e. The SMILES string of the molecule is CCSc1ccc(C(N)Cc2ccco2)cc1. The van der Waals surface area contributed by atoms with E-state index in [1.807, 2.05) is 23.9 Å². The second-order valence-corrected chi connectivity index (χ2v) is 5.23. The van der Waals surface area contributed by atoms with Crippen LogP contribution >= 0.6 is 11.8 Å². The van der Waals surface area contributed by atoms with E-state index in [2.05, 4.69) is 31.2 Å². The Morgan fingerprint density at radius 3 is 2.59 bits per heavy atom. The molecule has 17 heavy (non-hydrogen) atoms. The van der Waals surface area contributed by atoms with E-state index >= 15 is 0 Å². The van der Waals surface area contributed by atoms with Crippen LogP contribution in [0.25, 0.3) is 0 Å². The summed E-state index contributed by atoms with van der Waals surface area (Å²) in [6.07, 6.45) is 2.43. The number of nitrogens with two attached hydrogens (primary N) is 1. The van der Waals surface area contributed by atoms with Gasteiger partial charge in [-0.3, -0.25) is 0 Å². The maximum atomic E-state index is 6.14. The molecule has 3 heteroatoms. The molecule has 0 saturated carbocycles. The minimum absolute atomic E-state index is 0.00169. The Bertz CT molecular complexity index is 436. The zero-order chi connectivity index (χ0) is 12.1. The van der Waals surface area contributed by atoms with Crippen LogP contribution in [0.5, 0.6) is 0 Å². The van der Waals surface area contributed by atoms with Gasteiger partial charge in [-0.2, -0.15) is 0 Å². The Balaban J connectivity index is 2.01. The quantitative estimate of drug-likeness (QED) is 0.820. The molecular weight excluding hydrogens is 230 g/mol. The van der Waals surface area contributed by atoms with Gasteiger partial charge in [0.25, 0.3) is 0 Å². The summed E-state index contributed by atoms with van der Waals surface area (Å²) in [5.41, 5.74) is 7.30. The molecule has 1 atom stereocenters. The van der Waals surface area contributed by atoms with E-state index in [0.717, 1.165) is 23.5 Å². The van der Waals surface area contributed by atoms with E-state index < -0.39 is 0 Å². The van der Waals surface area contributed by atoms with Gasteiger partial charge in [-0.1, -0.05) is 19.1 Å². The Kier molecular flexibility index (Phi) is 4.29. The number of benzene rings is 1. The molecule has 90 valence electrons. The maximum Gasteiger partial charge on any atom is 0.105 e. The Morgan fingerprint density at radius 2 is 2.00 bits per heavy atom. The van der Waals surface area contributed by atoms with E-state index in [1.54, 1.807) is 6.26 Å². The summed E-state index contributed by atoms with van der Waals surface area (Å²) in [7, 11) is 0. The van der Waals surface area contributed by atoms with E-state index in [-0.39, 0.29) is 6.04 Å². The summed E-state index contributed by atoms with van der Waals surface area (Å²) < 4.78 is 5.30. The van der Waals surface area contributed by atoms with Crippen LogP contribution in [0.3, 0.4) is 0 Å². The summed E-state index contributed by atoms with van der Waals surface area (Å²) in [5, 5.41) is 0. The monoisotopic (exact) mass is 247 g/mol. The van der Waals surface area contributed by atoms with Crippen LogP contribution in [0.2, 0.25) is 0 Å². The smallest absolute Gasteiger partial charge is 0.105 e. The first-order valence-electron chi connectivity index (χ1n) is 5.80. The van der Waals surface area contributed by atoms with Crippen molar-refractivity contribution in [1.29, 1.82) is 0 Å². The lowest BCUT2D eigenvalue weighted by Crippen LogP contribution is -2.12. The molecule has 1 aromatic carbocycles. The Labute approximate surface area is 106 Å². The summed E-state index contributed by atoms with van der Waals surface area (Å²) in [6, 6.07) is 12.3. The predicted molar refractivity (Wildman–Crippen MR) is 72.2 cm³/mol. The van der Waals surface area contributed by atoms with Gasteiger partial charge in [0.1, 0.15) is 5.76 Å². The lowest BCUT2D eigenvalue weighted by molar-refractivity contribution is 0.488. The van der Waals surface area contributed by atoms with Gasteiger partial charge in [-0.15, -0.1) is 11.8 Å². The van der Waals surface area contributed by atoms with Crippen LogP contribution in [0.15, 0.2) is 52.0 Å². The fourth-order valence-corrected chi connectivity index (χ4v) is 2.40. The van der Waals surface area contributed by atoms with Crippen LogP contribution in [0.4, 0.5) is 0 Å². The molecule has 0 aliphatic carbocycles. The first-order chi connectivity index (χ1) is 8.29. The van der Waals surface area contributed by atoms with Crippen molar-refractivity contribution in [2.45, 2.75) is 24.3 Å². The zero-order valence-electron chi connectivity index (χ0n) is 9.93. The van der Waals surface area contributed by atoms with E-state index in [4.69, 9.17) is 10.2 Å². The third-order valence-electron chi connectivity index (χ3n) is 2.62. The molecule has 2 N–H and O–H groups in total. The van der Waals surface area contributed by atoms with Gasteiger partial charge in [-0.25, -0.2) is 0 Å². The highest BCUT2D eigenvalue weighted by Gasteiger charge is 2.08. The number of hydrogen-bond acceptors (Lipinski definition) is 3. The van der Waals surface area contributed by atoms with Crippen LogP contribution in [0.1, 0.15) is 24.3 Å². The molecule has 2 aromatic rings. The first-order valence-corrected chi connectivity index (χ1v) is 6.79. The van der Waals surface area contributed by atoms with Crippen LogP contribution in [-0.4, -0.2) is 5.75 Å². The highest BCUT2D eigenvalue weighted by molar-refractivity contribution is 7.99. The molecule has 0 fully saturated rings. The third-order valence-corrected chi connectivity index (χ3v) is 3.51. The average molecular weight is 247 g/mol. The molecule has 0 aliphatic rings. The minimum atomic E-state index is 0.00169. The van der Waals surface area contributed by atoms with Crippen molar-refractivity contribution >= 4 is 11.8 Å². The normalized spacial score (nSPS) is 12.6. The Morgan fingerprint density at radius 1 is 1.24 bits per heavy atom. The predicted octanol–water partition coefficient (Wildman–Crippen LogP) is 3.63. The topological polar surface area (TPSA) is 39.2 Å². The molecular formula is C14H17NOS. The van der Waals surface area contributed by atoms with Gasteiger partial charge in [-0.05, 0) is 35.6 Å². The molecule has 0 bridgehead atoms. The molecule has 2 nitrogen and oxygen atoms in total. The molecule has 0 radical (unpaired) electrons. The fraction of sp³-hybridized carbons (Fsp3) is 0.286. The number of furan rings is 1. The van der Waals surface area contributed by atoms with E-state index in [1.165, 1.54) is 4.90 Å². The van der Waals surface area contributed by atoms with Crippen LogP contribution in [0, 0.1) is 0 Å². The Hall–Kier alpha value is -1.19. The molecule has 0 spiro atoms. The second kappa shape index (κ2) is 5.94. The van der Waals surface area contributed by atoms with Gasteiger partial charge >= 0.3 is 0 Å². The lowest BCUT2D eigenvalue weighted by Gasteiger charge is -2.10. The molecule has 1 aromatic heterocycles. The van der Waals surface area contributed by atoms with Gasteiger partial charge in [0.05, 0.1) is 6.26 Å². The maximum absolute atomic E-state index is 6.14.